The highest BCUT2D eigenvalue weighted by atomic mass is 16.5. The maximum atomic E-state index is 12.8. The fraction of sp³-hybridized carbons (Fsp3) is 0.407. The molecule has 0 aliphatic carbocycles. The number of fused-ring (bicyclic) bond motifs is 1. The minimum atomic E-state index is -0.621. The topological polar surface area (TPSA) is 108 Å². The summed E-state index contributed by atoms with van der Waals surface area (Å²) in [6, 6.07) is 12.7. The lowest BCUT2D eigenvalue weighted by Gasteiger charge is -2.29. The zero-order chi connectivity index (χ0) is 25.1. The summed E-state index contributed by atoms with van der Waals surface area (Å²) < 4.78 is 5.40. The van der Waals surface area contributed by atoms with Gasteiger partial charge in [0.2, 0.25) is 11.8 Å². The van der Waals surface area contributed by atoms with E-state index in [1.807, 2.05) is 36.4 Å². The second-order valence-electron chi connectivity index (χ2n) is 9.49. The molecular weight excluding hydrogens is 460 g/mol. The van der Waals surface area contributed by atoms with Crippen LogP contribution in [0.25, 0.3) is 0 Å². The predicted molar refractivity (Wildman–Crippen MR) is 131 cm³/mol. The van der Waals surface area contributed by atoms with Gasteiger partial charge in [0.15, 0.2) is 0 Å². The van der Waals surface area contributed by atoms with E-state index in [1.54, 1.807) is 11.0 Å². The van der Waals surface area contributed by atoms with E-state index < -0.39 is 11.9 Å². The van der Waals surface area contributed by atoms with Gasteiger partial charge in [0, 0.05) is 50.3 Å². The number of benzene rings is 2. The number of rotatable bonds is 7. The summed E-state index contributed by atoms with van der Waals surface area (Å²) in [5.74, 6) is -1.01. The molecule has 5 rings (SSSR count). The molecule has 2 fully saturated rings. The molecular formula is C27H30N4O5. The second-order valence-corrected chi connectivity index (χ2v) is 9.49. The van der Waals surface area contributed by atoms with Gasteiger partial charge in [-0.2, -0.15) is 0 Å². The quantitative estimate of drug-likeness (QED) is 0.566. The van der Waals surface area contributed by atoms with E-state index in [4.69, 9.17) is 4.74 Å². The number of piperidine rings is 1. The Morgan fingerprint density at radius 2 is 1.89 bits per heavy atom. The van der Waals surface area contributed by atoms with Gasteiger partial charge in [-0.1, -0.05) is 24.3 Å². The van der Waals surface area contributed by atoms with Gasteiger partial charge in [-0.15, -0.1) is 0 Å². The Bertz CT molecular complexity index is 1190. The van der Waals surface area contributed by atoms with Crippen molar-refractivity contribution in [3.05, 3.63) is 70.3 Å². The molecule has 4 amide bonds. The summed E-state index contributed by atoms with van der Waals surface area (Å²) in [5.41, 5.74) is 4.20. The van der Waals surface area contributed by atoms with Gasteiger partial charge < -0.3 is 15.0 Å². The average molecular weight is 491 g/mol. The zero-order valence-electron chi connectivity index (χ0n) is 20.1. The Hall–Kier alpha value is -3.56. The third-order valence-corrected chi connectivity index (χ3v) is 6.99. The van der Waals surface area contributed by atoms with Gasteiger partial charge in [-0.3, -0.25) is 29.4 Å². The third-order valence-electron chi connectivity index (χ3n) is 6.99. The monoisotopic (exact) mass is 490 g/mol. The largest absolute Gasteiger partial charge is 0.379 e. The molecule has 9 nitrogen and oxygen atoms in total. The number of hydrogen-bond donors (Lipinski definition) is 2. The lowest BCUT2D eigenvalue weighted by molar-refractivity contribution is -0.136. The first-order valence-electron chi connectivity index (χ1n) is 12.4. The first-order valence-corrected chi connectivity index (χ1v) is 12.4. The molecule has 2 saturated heterocycles. The lowest BCUT2D eigenvalue weighted by Crippen LogP contribution is -2.52. The van der Waals surface area contributed by atoms with Crippen LogP contribution in [0.4, 0.5) is 0 Å². The molecule has 0 radical (unpaired) electrons. The Balaban J connectivity index is 1.15. The fourth-order valence-corrected chi connectivity index (χ4v) is 5.03. The molecule has 0 spiro atoms. The molecule has 2 aromatic rings. The zero-order valence-corrected chi connectivity index (χ0v) is 20.1. The Kier molecular flexibility index (Phi) is 7.11. The smallest absolute Gasteiger partial charge is 0.255 e. The number of imide groups is 1. The van der Waals surface area contributed by atoms with Crippen molar-refractivity contribution >= 4 is 23.6 Å². The van der Waals surface area contributed by atoms with Crippen LogP contribution in [0, 0.1) is 0 Å². The molecule has 3 aliphatic heterocycles. The first-order chi connectivity index (χ1) is 17.5. The van der Waals surface area contributed by atoms with Crippen LogP contribution >= 0.6 is 0 Å². The fourth-order valence-electron chi connectivity index (χ4n) is 5.03. The van der Waals surface area contributed by atoms with E-state index in [2.05, 4.69) is 15.5 Å². The van der Waals surface area contributed by atoms with Crippen molar-refractivity contribution in [1.29, 1.82) is 0 Å². The van der Waals surface area contributed by atoms with Gasteiger partial charge in [0.05, 0.1) is 13.2 Å². The second kappa shape index (κ2) is 10.6. The molecule has 0 saturated carbocycles. The van der Waals surface area contributed by atoms with Gasteiger partial charge in [-0.25, -0.2) is 0 Å². The van der Waals surface area contributed by atoms with Gasteiger partial charge >= 0.3 is 0 Å². The van der Waals surface area contributed by atoms with E-state index in [0.717, 1.165) is 49.5 Å². The number of carbonyl (C=O) groups is 4. The van der Waals surface area contributed by atoms with E-state index in [0.29, 0.717) is 37.1 Å². The summed E-state index contributed by atoms with van der Waals surface area (Å²) >= 11 is 0. The summed E-state index contributed by atoms with van der Waals surface area (Å²) in [6.45, 7) is 4.89. The molecule has 1 atom stereocenters. The molecule has 2 N–H and O–H groups in total. The van der Waals surface area contributed by atoms with E-state index in [9.17, 15) is 19.2 Å². The molecule has 1 unspecified atom stereocenters. The Morgan fingerprint density at radius 3 is 2.69 bits per heavy atom. The normalized spacial score (nSPS) is 20.3. The number of nitrogens with zero attached hydrogens (tertiary/aromatic N) is 2. The van der Waals surface area contributed by atoms with Gasteiger partial charge in [-0.05, 0) is 47.7 Å². The van der Waals surface area contributed by atoms with Crippen molar-refractivity contribution in [2.24, 2.45) is 0 Å². The summed E-state index contributed by atoms with van der Waals surface area (Å²) in [6.07, 6.45) is 1.20. The van der Waals surface area contributed by atoms with Crippen LogP contribution in [-0.4, -0.2) is 72.3 Å². The van der Waals surface area contributed by atoms with Crippen LogP contribution < -0.4 is 10.6 Å². The Morgan fingerprint density at radius 1 is 1.06 bits per heavy atom. The van der Waals surface area contributed by atoms with Crippen LogP contribution in [0.5, 0.6) is 0 Å². The van der Waals surface area contributed by atoms with Crippen molar-refractivity contribution < 1.29 is 23.9 Å². The highest BCUT2D eigenvalue weighted by Crippen LogP contribution is 2.28. The van der Waals surface area contributed by atoms with Crippen LogP contribution in [0.15, 0.2) is 42.5 Å². The van der Waals surface area contributed by atoms with Crippen molar-refractivity contribution in [2.75, 3.05) is 32.8 Å². The molecule has 9 heteroatoms. The molecule has 188 valence electrons. The maximum Gasteiger partial charge on any atom is 0.255 e. The average Bonchev–Trinajstić information content (AvgIpc) is 3.20. The van der Waals surface area contributed by atoms with Crippen LogP contribution in [0.1, 0.15) is 50.2 Å². The van der Waals surface area contributed by atoms with Crippen molar-refractivity contribution in [2.45, 2.75) is 38.4 Å². The molecule has 3 aliphatic rings. The number of morpholine rings is 1. The summed E-state index contributed by atoms with van der Waals surface area (Å²) in [4.78, 5) is 53.1. The van der Waals surface area contributed by atoms with Crippen LogP contribution in [-0.2, 0) is 33.8 Å². The predicted octanol–water partition coefficient (Wildman–Crippen LogP) is 1.25. The SMILES string of the molecule is O=C1CCC(N2Cc3cc(CCNC(=O)c4cccc(CN5CCOCC5)c4)ccc3C2=O)C(=O)N1. The number of nitrogens with one attached hydrogen (secondary N) is 2. The minimum Gasteiger partial charge on any atom is -0.379 e. The highest BCUT2D eigenvalue weighted by Gasteiger charge is 2.39. The standard InChI is InChI=1S/C27H30N4O5/c32-24-7-6-23(26(34)29-24)31-17-21-14-18(4-5-22(21)27(31)35)8-9-28-25(33)20-3-1-2-19(15-20)16-30-10-12-36-13-11-30/h1-5,14-15,23H,6-13,16-17H2,(H,28,33)(H,29,32,34). The van der Waals surface area contributed by atoms with E-state index in [-0.39, 0.29) is 24.1 Å². The summed E-state index contributed by atoms with van der Waals surface area (Å²) in [7, 11) is 0. The van der Waals surface area contributed by atoms with Gasteiger partial charge in [0.1, 0.15) is 6.04 Å². The van der Waals surface area contributed by atoms with E-state index in [1.165, 1.54) is 0 Å². The number of hydrogen-bond acceptors (Lipinski definition) is 6. The number of amides is 4. The number of ether oxygens (including phenoxy) is 1. The molecule has 36 heavy (non-hydrogen) atoms. The van der Waals surface area contributed by atoms with Crippen LogP contribution in [0.2, 0.25) is 0 Å². The molecule has 3 heterocycles. The van der Waals surface area contributed by atoms with Crippen molar-refractivity contribution in [3.63, 3.8) is 0 Å². The maximum absolute atomic E-state index is 12.8. The number of carbonyl (C=O) groups excluding carboxylic acids is 4. The van der Waals surface area contributed by atoms with Crippen molar-refractivity contribution in [3.8, 4) is 0 Å². The lowest BCUT2D eigenvalue weighted by atomic mass is 10.0. The van der Waals surface area contributed by atoms with E-state index >= 15 is 0 Å². The third kappa shape index (κ3) is 5.32. The van der Waals surface area contributed by atoms with Crippen molar-refractivity contribution in [1.82, 2.24) is 20.4 Å². The molecule has 2 aromatic carbocycles. The molecule has 0 aromatic heterocycles. The van der Waals surface area contributed by atoms with Crippen LogP contribution in [0.3, 0.4) is 0 Å². The van der Waals surface area contributed by atoms with Gasteiger partial charge in [0.25, 0.3) is 11.8 Å². The highest BCUT2D eigenvalue weighted by molar-refractivity contribution is 6.05. The minimum absolute atomic E-state index is 0.112. The first kappa shape index (κ1) is 24.1. The molecule has 0 bridgehead atoms. The Labute approximate surface area is 209 Å². The summed E-state index contributed by atoms with van der Waals surface area (Å²) in [5, 5.41) is 5.31.